The molecule has 2 heterocycles. The maximum atomic E-state index is 13.4. The number of fused-ring (bicyclic) bond motifs is 1. The monoisotopic (exact) mass is 280 g/mol. The summed E-state index contributed by atoms with van der Waals surface area (Å²) in [6.45, 7) is 5.79. The Balaban J connectivity index is 2.50. The molecule has 0 saturated carbocycles. The fourth-order valence-electron chi connectivity index (χ4n) is 2.06. The van der Waals surface area contributed by atoms with Gasteiger partial charge in [0, 0.05) is 11.6 Å². The number of hydrogen-bond acceptors (Lipinski definition) is 4. The summed E-state index contributed by atoms with van der Waals surface area (Å²) in [6, 6.07) is 2.90. The smallest absolute Gasteiger partial charge is 0.262 e. The Labute approximate surface area is 115 Å². The molecule has 6 nitrogen and oxygen atoms in total. The molecule has 0 atom stereocenters. The summed E-state index contributed by atoms with van der Waals surface area (Å²) in [5.41, 5.74) is 2.59. The van der Waals surface area contributed by atoms with Gasteiger partial charge in [0.2, 0.25) is 0 Å². The van der Waals surface area contributed by atoms with Crippen LogP contribution < -0.4 is 10.8 Å². The van der Waals surface area contributed by atoms with Crippen molar-refractivity contribution in [2.75, 3.05) is 11.9 Å². The number of aromatic nitrogens is 2. The van der Waals surface area contributed by atoms with Crippen LogP contribution in [0.3, 0.4) is 0 Å². The van der Waals surface area contributed by atoms with Gasteiger partial charge in [-0.1, -0.05) is 20.8 Å². The van der Waals surface area contributed by atoms with Gasteiger partial charge in [0.25, 0.3) is 5.91 Å². The number of pyridine rings is 1. The highest BCUT2D eigenvalue weighted by atomic mass is 19.1. The third-order valence-corrected chi connectivity index (χ3v) is 2.83. The first-order chi connectivity index (χ1) is 9.32. The first-order valence-electron chi connectivity index (χ1n) is 6.18. The van der Waals surface area contributed by atoms with E-state index >= 15 is 0 Å². The lowest BCUT2D eigenvalue weighted by Crippen LogP contribution is -2.28. The second-order valence-electron chi connectivity index (χ2n) is 5.52. The number of carbonyl (C=O) groups is 1. The number of hydrogen-bond donors (Lipinski definition) is 3. The Bertz CT molecular complexity index is 646. The summed E-state index contributed by atoms with van der Waals surface area (Å²) in [5, 5.41) is 11.4. The van der Waals surface area contributed by atoms with Crippen LogP contribution in [0.4, 0.5) is 10.2 Å². The van der Waals surface area contributed by atoms with Gasteiger partial charge in [0.05, 0.1) is 12.2 Å². The molecule has 0 aliphatic rings. The van der Waals surface area contributed by atoms with E-state index in [0.717, 1.165) is 5.69 Å². The minimum absolute atomic E-state index is 0.119. The molecule has 0 spiro atoms. The average molecular weight is 280 g/mol. The van der Waals surface area contributed by atoms with Crippen LogP contribution in [0.15, 0.2) is 18.3 Å². The lowest BCUT2D eigenvalue weighted by atomic mass is 9.92. The van der Waals surface area contributed by atoms with E-state index in [9.17, 15) is 9.18 Å². The van der Waals surface area contributed by atoms with Crippen molar-refractivity contribution in [3.63, 3.8) is 0 Å². The summed E-state index contributed by atoms with van der Waals surface area (Å²) >= 11 is 0. The predicted octanol–water partition coefficient (Wildman–Crippen LogP) is 1.69. The van der Waals surface area contributed by atoms with Gasteiger partial charge >= 0.3 is 0 Å². The SMILES string of the molecule is CC(C)(C)c1c(NCC(=O)NO)nc2ccc(F)cn12. The van der Waals surface area contributed by atoms with Crippen LogP contribution in [0.5, 0.6) is 0 Å². The normalized spacial score (nSPS) is 11.7. The maximum Gasteiger partial charge on any atom is 0.262 e. The van der Waals surface area contributed by atoms with Crippen molar-refractivity contribution in [1.82, 2.24) is 14.9 Å². The summed E-state index contributed by atoms with van der Waals surface area (Å²) in [4.78, 5) is 15.4. The highest BCUT2D eigenvalue weighted by Gasteiger charge is 2.24. The van der Waals surface area contributed by atoms with Crippen LogP contribution in [0.25, 0.3) is 5.65 Å². The van der Waals surface area contributed by atoms with Crippen LogP contribution in [-0.4, -0.2) is 27.0 Å². The van der Waals surface area contributed by atoms with E-state index in [1.54, 1.807) is 15.9 Å². The Morgan fingerprint density at radius 3 is 2.75 bits per heavy atom. The zero-order valence-electron chi connectivity index (χ0n) is 11.6. The van der Waals surface area contributed by atoms with E-state index in [0.29, 0.717) is 11.5 Å². The first-order valence-corrected chi connectivity index (χ1v) is 6.18. The van der Waals surface area contributed by atoms with E-state index in [-0.39, 0.29) is 17.8 Å². The van der Waals surface area contributed by atoms with E-state index in [2.05, 4.69) is 10.3 Å². The molecule has 0 unspecified atom stereocenters. The van der Waals surface area contributed by atoms with Gasteiger partial charge in [0.15, 0.2) is 0 Å². The van der Waals surface area contributed by atoms with Crippen LogP contribution in [-0.2, 0) is 10.2 Å². The van der Waals surface area contributed by atoms with Crippen molar-refractivity contribution >= 4 is 17.4 Å². The van der Waals surface area contributed by atoms with Gasteiger partial charge in [-0.2, -0.15) is 0 Å². The molecule has 20 heavy (non-hydrogen) atoms. The number of nitrogens with zero attached hydrogens (tertiary/aromatic N) is 2. The molecule has 0 aliphatic carbocycles. The molecule has 0 bridgehead atoms. The number of halogens is 1. The summed E-state index contributed by atoms with van der Waals surface area (Å²) < 4.78 is 15.1. The Hall–Kier alpha value is -2.15. The van der Waals surface area contributed by atoms with Crippen molar-refractivity contribution in [3.8, 4) is 0 Å². The van der Waals surface area contributed by atoms with Crippen molar-refractivity contribution in [2.24, 2.45) is 0 Å². The molecule has 108 valence electrons. The minimum atomic E-state index is -0.576. The second kappa shape index (κ2) is 5.09. The Morgan fingerprint density at radius 2 is 2.15 bits per heavy atom. The molecule has 7 heteroatoms. The molecular formula is C13H17FN4O2. The lowest BCUT2D eigenvalue weighted by Gasteiger charge is -2.20. The van der Waals surface area contributed by atoms with Crippen molar-refractivity contribution in [3.05, 3.63) is 29.8 Å². The van der Waals surface area contributed by atoms with Gasteiger partial charge in [-0.05, 0) is 12.1 Å². The second-order valence-corrected chi connectivity index (χ2v) is 5.52. The quantitative estimate of drug-likeness (QED) is 0.590. The van der Waals surface area contributed by atoms with Crippen LogP contribution in [0.2, 0.25) is 0 Å². The highest BCUT2D eigenvalue weighted by Crippen LogP contribution is 2.30. The molecule has 0 aromatic carbocycles. The molecule has 3 N–H and O–H groups in total. The van der Waals surface area contributed by atoms with Crippen molar-refractivity contribution in [2.45, 2.75) is 26.2 Å². The van der Waals surface area contributed by atoms with E-state index in [1.165, 1.54) is 12.3 Å². The first kappa shape index (κ1) is 14.3. The third-order valence-electron chi connectivity index (χ3n) is 2.83. The minimum Gasteiger partial charge on any atom is -0.359 e. The standard InChI is InChI=1S/C13H17FN4O2/c1-13(2,3)11-12(15-6-10(19)17-20)16-9-5-4-8(14)7-18(9)11/h4-5,7,15,20H,6H2,1-3H3,(H,17,19). The summed E-state index contributed by atoms with van der Waals surface area (Å²) in [6.07, 6.45) is 1.36. The van der Waals surface area contributed by atoms with Crippen LogP contribution >= 0.6 is 0 Å². The topological polar surface area (TPSA) is 78.7 Å². The Morgan fingerprint density at radius 1 is 1.45 bits per heavy atom. The number of amides is 1. The summed E-state index contributed by atoms with van der Waals surface area (Å²) in [5.74, 6) is -0.445. The predicted molar refractivity (Wildman–Crippen MR) is 72.3 cm³/mol. The van der Waals surface area contributed by atoms with Gasteiger partial charge < -0.3 is 5.32 Å². The fourth-order valence-corrected chi connectivity index (χ4v) is 2.06. The number of nitrogens with one attached hydrogen (secondary N) is 2. The van der Waals surface area contributed by atoms with Crippen LogP contribution in [0, 0.1) is 5.82 Å². The van der Waals surface area contributed by atoms with Gasteiger partial charge in [-0.25, -0.2) is 14.9 Å². The van der Waals surface area contributed by atoms with E-state index in [4.69, 9.17) is 5.21 Å². The Kier molecular flexibility index (Phi) is 3.63. The maximum absolute atomic E-state index is 13.4. The average Bonchev–Trinajstić information content (AvgIpc) is 2.73. The van der Waals surface area contributed by atoms with E-state index < -0.39 is 5.91 Å². The van der Waals surface area contributed by atoms with Gasteiger partial charge in [-0.15, -0.1) is 0 Å². The molecule has 0 saturated heterocycles. The molecule has 0 radical (unpaired) electrons. The molecule has 1 amide bonds. The zero-order chi connectivity index (χ0) is 14.9. The van der Waals surface area contributed by atoms with Crippen molar-refractivity contribution < 1.29 is 14.4 Å². The van der Waals surface area contributed by atoms with Crippen molar-refractivity contribution in [1.29, 1.82) is 0 Å². The molecule has 2 rings (SSSR count). The zero-order valence-corrected chi connectivity index (χ0v) is 11.6. The number of imidazole rings is 1. The third kappa shape index (κ3) is 2.72. The van der Waals surface area contributed by atoms with Crippen LogP contribution in [0.1, 0.15) is 26.5 Å². The highest BCUT2D eigenvalue weighted by molar-refractivity contribution is 5.79. The summed E-state index contributed by atoms with van der Waals surface area (Å²) in [7, 11) is 0. The van der Waals surface area contributed by atoms with E-state index in [1.807, 2.05) is 20.8 Å². The van der Waals surface area contributed by atoms with Gasteiger partial charge in [0.1, 0.15) is 17.3 Å². The molecule has 0 aliphatic heterocycles. The largest absolute Gasteiger partial charge is 0.359 e. The van der Waals surface area contributed by atoms with Gasteiger partial charge in [-0.3, -0.25) is 14.4 Å². The molecule has 2 aromatic heterocycles. The number of hydroxylamine groups is 1. The number of anilines is 1. The molecule has 2 aromatic rings. The number of carbonyl (C=O) groups excluding carboxylic acids is 1. The fraction of sp³-hybridized carbons (Fsp3) is 0.385. The molecular weight excluding hydrogens is 263 g/mol. The lowest BCUT2D eigenvalue weighted by molar-refractivity contribution is -0.127. The number of rotatable bonds is 3. The molecule has 0 fully saturated rings.